The average molecular weight is 315 g/mol. The number of ether oxygens (including phenoxy) is 2. The highest BCUT2D eigenvalue weighted by molar-refractivity contribution is 5.42. The van der Waals surface area contributed by atoms with Gasteiger partial charge in [-0.2, -0.15) is 10.4 Å². The third kappa shape index (κ3) is 1.71. The lowest BCUT2D eigenvalue weighted by Gasteiger charge is -2.59. The van der Waals surface area contributed by atoms with Gasteiger partial charge in [0, 0.05) is 29.9 Å². The summed E-state index contributed by atoms with van der Waals surface area (Å²) >= 11 is 0. The Balaban J connectivity index is 1.83. The lowest BCUT2D eigenvalue weighted by atomic mass is 9.49. The van der Waals surface area contributed by atoms with E-state index in [9.17, 15) is 5.26 Å². The second-order valence-corrected chi connectivity index (χ2v) is 8.09. The lowest BCUT2D eigenvalue weighted by Crippen LogP contribution is -2.61. The molecule has 5 nitrogen and oxygen atoms in total. The van der Waals surface area contributed by atoms with Gasteiger partial charge < -0.3 is 9.47 Å². The molecular formula is C18H25N3O2. The molecule has 2 atom stereocenters. The summed E-state index contributed by atoms with van der Waals surface area (Å²) in [5.41, 5.74) is 2.94. The van der Waals surface area contributed by atoms with E-state index in [1.54, 1.807) is 4.68 Å². The van der Waals surface area contributed by atoms with Gasteiger partial charge in [0.25, 0.3) is 0 Å². The van der Waals surface area contributed by atoms with Gasteiger partial charge in [-0.05, 0) is 25.2 Å². The van der Waals surface area contributed by atoms with Crippen LogP contribution in [0.15, 0.2) is 0 Å². The highest BCUT2D eigenvalue weighted by Crippen LogP contribution is 2.62. The Kier molecular flexibility index (Phi) is 3.02. The van der Waals surface area contributed by atoms with E-state index < -0.39 is 5.79 Å². The fourth-order valence-electron chi connectivity index (χ4n) is 5.61. The molecule has 1 saturated heterocycles. The molecule has 0 radical (unpaired) electrons. The molecule has 1 saturated carbocycles. The fourth-order valence-corrected chi connectivity index (χ4v) is 5.61. The molecule has 0 N–H and O–H groups in total. The van der Waals surface area contributed by atoms with Crippen molar-refractivity contribution in [1.82, 2.24) is 9.78 Å². The molecule has 0 amide bonds. The number of aryl methyl sites for hydroxylation is 1. The molecule has 4 rings (SSSR count). The Labute approximate surface area is 137 Å². The molecule has 23 heavy (non-hydrogen) atoms. The molecule has 2 heterocycles. The van der Waals surface area contributed by atoms with Gasteiger partial charge in [-0.3, -0.25) is 4.68 Å². The minimum atomic E-state index is -0.443. The zero-order valence-electron chi connectivity index (χ0n) is 14.5. The molecule has 5 heteroatoms. The first-order chi connectivity index (χ1) is 10.9. The summed E-state index contributed by atoms with van der Waals surface area (Å²) < 4.78 is 14.0. The van der Waals surface area contributed by atoms with E-state index in [0.29, 0.717) is 19.1 Å². The summed E-state index contributed by atoms with van der Waals surface area (Å²) in [6, 6.07) is 2.34. The lowest BCUT2D eigenvalue weighted by molar-refractivity contribution is -0.276. The zero-order chi connectivity index (χ0) is 16.5. The van der Waals surface area contributed by atoms with Crippen LogP contribution < -0.4 is 0 Å². The van der Waals surface area contributed by atoms with E-state index in [4.69, 9.17) is 14.6 Å². The topological polar surface area (TPSA) is 60.1 Å². The van der Waals surface area contributed by atoms with Gasteiger partial charge in [-0.15, -0.1) is 0 Å². The van der Waals surface area contributed by atoms with Crippen molar-refractivity contribution in [2.24, 2.45) is 18.4 Å². The molecule has 0 unspecified atom stereocenters. The summed E-state index contributed by atoms with van der Waals surface area (Å²) in [5.74, 6) is -0.00239. The Morgan fingerprint density at radius 1 is 1.22 bits per heavy atom. The number of aromatic nitrogens is 2. The Hall–Kier alpha value is -1.38. The number of rotatable bonds is 0. The van der Waals surface area contributed by atoms with Gasteiger partial charge in [0.2, 0.25) is 0 Å². The second-order valence-electron chi connectivity index (χ2n) is 8.09. The van der Waals surface area contributed by atoms with Crippen LogP contribution in [0.3, 0.4) is 0 Å². The molecule has 3 aliphatic rings. The zero-order valence-corrected chi connectivity index (χ0v) is 14.5. The predicted molar refractivity (Wildman–Crippen MR) is 84.7 cm³/mol. The van der Waals surface area contributed by atoms with Crippen LogP contribution in [0, 0.1) is 22.7 Å². The molecule has 1 aliphatic heterocycles. The highest BCUT2D eigenvalue weighted by Gasteiger charge is 2.64. The van der Waals surface area contributed by atoms with Gasteiger partial charge in [0.05, 0.1) is 18.9 Å². The van der Waals surface area contributed by atoms with Crippen LogP contribution in [0.4, 0.5) is 0 Å². The first kappa shape index (κ1) is 15.2. The average Bonchev–Trinajstić information content (AvgIpc) is 3.10. The minimum Gasteiger partial charge on any atom is -0.347 e. The molecule has 0 aromatic carbocycles. The first-order valence-corrected chi connectivity index (χ1v) is 8.60. The van der Waals surface area contributed by atoms with Crippen LogP contribution in [0.2, 0.25) is 0 Å². The van der Waals surface area contributed by atoms with E-state index in [-0.39, 0.29) is 10.8 Å². The molecule has 1 aromatic rings. The summed E-state index contributed by atoms with van der Waals surface area (Å²) in [7, 11) is 1.88. The third-order valence-electron chi connectivity index (χ3n) is 6.82. The van der Waals surface area contributed by atoms with Crippen molar-refractivity contribution in [3.8, 4) is 6.07 Å². The summed E-state index contributed by atoms with van der Waals surface area (Å²) in [6.07, 6.45) is 3.87. The van der Waals surface area contributed by atoms with Crippen LogP contribution in [0.5, 0.6) is 0 Å². The third-order valence-corrected chi connectivity index (χ3v) is 6.82. The Bertz CT molecular complexity index is 694. The van der Waals surface area contributed by atoms with Crippen LogP contribution in [-0.4, -0.2) is 28.8 Å². The summed E-state index contributed by atoms with van der Waals surface area (Å²) in [5, 5.41) is 14.2. The van der Waals surface area contributed by atoms with Gasteiger partial charge in [0.15, 0.2) is 5.79 Å². The molecule has 1 aromatic heterocycles. The van der Waals surface area contributed by atoms with Crippen molar-refractivity contribution in [2.45, 2.75) is 57.7 Å². The maximum absolute atomic E-state index is 9.46. The number of nitrogens with zero attached hydrogens (tertiary/aromatic N) is 3. The molecule has 2 fully saturated rings. The molecular weight excluding hydrogens is 290 g/mol. The summed E-state index contributed by atoms with van der Waals surface area (Å²) in [4.78, 5) is 0. The number of hydrogen-bond donors (Lipinski definition) is 0. The summed E-state index contributed by atoms with van der Waals surface area (Å²) in [6.45, 7) is 8.30. The van der Waals surface area contributed by atoms with Crippen molar-refractivity contribution in [3.63, 3.8) is 0 Å². The monoisotopic (exact) mass is 315 g/mol. The van der Waals surface area contributed by atoms with E-state index >= 15 is 0 Å². The normalized spacial score (nSPS) is 34.0. The Morgan fingerprint density at radius 3 is 2.57 bits per heavy atom. The quantitative estimate of drug-likeness (QED) is 0.738. The van der Waals surface area contributed by atoms with Crippen molar-refractivity contribution < 1.29 is 9.47 Å². The fraction of sp³-hybridized carbons (Fsp3) is 0.778. The van der Waals surface area contributed by atoms with Crippen molar-refractivity contribution in [3.05, 3.63) is 17.0 Å². The molecule has 2 aliphatic carbocycles. The largest absolute Gasteiger partial charge is 0.347 e. The van der Waals surface area contributed by atoms with E-state index in [1.807, 2.05) is 7.05 Å². The smallest absolute Gasteiger partial charge is 0.173 e. The van der Waals surface area contributed by atoms with Gasteiger partial charge in [0.1, 0.15) is 11.8 Å². The van der Waals surface area contributed by atoms with E-state index in [0.717, 1.165) is 42.6 Å². The minimum absolute atomic E-state index is 0.00942. The first-order valence-electron chi connectivity index (χ1n) is 8.60. The standard InChI is InChI=1S/C18H25N3O2/c1-16(2)14-6-5-12-13(11-19)21(4)20-15(12)17(14,3)7-8-18(16)22-9-10-23-18/h14H,5-10H2,1-4H3/t14-,17-/m0/s1. The number of nitriles is 1. The van der Waals surface area contributed by atoms with Crippen molar-refractivity contribution in [1.29, 1.82) is 5.26 Å². The second kappa shape index (κ2) is 4.58. The SMILES string of the molecule is Cn1nc2c(c1C#N)CC[C@H]1C(C)(C)C3(CC[C@]21C)OCCO3. The molecule has 1 spiro atoms. The molecule has 0 bridgehead atoms. The van der Waals surface area contributed by atoms with Gasteiger partial charge >= 0.3 is 0 Å². The number of fused-ring (bicyclic) bond motifs is 3. The van der Waals surface area contributed by atoms with Crippen LogP contribution in [0.25, 0.3) is 0 Å². The van der Waals surface area contributed by atoms with Crippen LogP contribution in [-0.2, 0) is 28.4 Å². The molecule has 124 valence electrons. The van der Waals surface area contributed by atoms with Gasteiger partial charge in [-0.1, -0.05) is 20.8 Å². The maximum atomic E-state index is 9.46. The van der Waals surface area contributed by atoms with E-state index in [2.05, 4.69) is 26.8 Å². The van der Waals surface area contributed by atoms with Crippen molar-refractivity contribution in [2.75, 3.05) is 13.2 Å². The predicted octanol–water partition coefficient (Wildman–Crippen LogP) is 2.67. The van der Waals surface area contributed by atoms with Crippen molar-refractivity contribution >= 4 is 0 Å². The maximum Gasteiger partial charge on any atom is 0.173 e. The Morgan fingerprint density at radius 2 is 1.91 bits per heavy atom. The van der Waals surface area contributed by atoms with Crippen LogP contribution in [0.1, 0.15) is 57.0 Å². The van der Waals surface area contributed by atoms with E-state index in [1.165, 1.54) is 0 Å². The van der Waals surface area contributed by atoms with Gasteiger partial charge in [-0.25, -0.2) is 0 Å². The highest BCUT2D eigenvalue weighted by atomic mass is 16.7. The number of hydrogen-bond acceptors (Lipinski definition) is 4. The van der Waals surface area contributed by atoms with Crippen LogP contribution >= 0.6 is 0 Å².